The number of rotatable bonds is 9. The number of hydrogen-bond donors (Lipinski definition) is 2. The van der Waals surface area contributed by atoms with E-state index in [1.165, 1.54) is 12.8 Å². The van der Waals surface area contributed by atoms with Crippen molar-refractivity contribution in [1.29, 1.82) is 0 Å². The summed E-state index contributed by atoms with van der Waals surface area (Å²) in [6.07, 6.45) is 6.33. The molecule has 0 amide bonds. The topological polar surface area (TPSA) is 51.2 Å². The minimum absolute atomic E-state index is 0.342. The third-order valence-electron chi connectivity index (χ3n) is 2.98. The van der Waals surface area contributed by atoms with E-state index in [4.69, 9.17) is 10.2 Å². The fraction of sp³-hybridized carbons (Fsp3) is 0.714. The van der Waals surface area contributed by atoms with Gasteiger partial charge in [-0.1, -0.05) is 13.3 Å². The molecule has 0 aliphatic heterocycles. The second kappa shape index (κ2) is 8.31. The molecule has 1 aromatic rings. The number of furan rings is 1. The average molecular weight is 238 g/mol. The minimum Gasteiger partial charge on any atom is -0.469 e. The molecule has 3 heteroatoms. The van der Waals surface area contributed by atoms with Crippen LogP contribution in [0.2, 0.25) is 0 Å². The Labute approximate surface area is 105 Å². The molecule has 0 fully saturated rings. The van der Waals surface area contributed by atoms with Crippen LogP contribution >= 0.6 is 0 Å². The summed E-state index contributed by atoms with van der Waals surface area (Å²) in [7, 11) is 0. The van der Waals surface area contributed by atoms with E-state index in [-0.39, 0.29) is 0 Å². The molecule has 1 aromatic heterocycles. The van der Waals surface area contributed by atoms with Crippen molar-refractivity contribution in [2.45, 2.75) is 45.6 Å². The van der Waals surface area contributed by atoms with Crippen LogP contribution in [0, 0.1) is 5.92 Å². The third kappa shape index (κ3) is 7.18. The fourth-order valence-corrected chi connectivity index (χ4v) is 1.91. The van der Waals surface area contributed by atoms with Crippen LogP contribution in [0.5, 0.6) is 0 Å². The van der Waals surface area contributed by atoms with Gasteiger partial charge in [-0.15, -0.1) is 0 Å². The van der Waals surface area contributed by atoms with Crippen molar-refractivity contribution < 1.29 is 4.42 Å². The SMILES string of the molecule is CC(N)CCCC(C)CNCCc1ccco1. The van der Waals surface area contributed by atoms with E-state index in [0.717, 1.165) is 37.6 Å². The van der Waals surface area contributed by atoms with Gasteiger partial charge < -0.3 is 15.5 Å². The van der Waals surface area contributed by atoms with Crippen molar-refractivity contribution in [2.75, 3.05) is 13.1 Å². The molecular formula is C14H26N2O. The zero-order chi connectivity index (χ0) is 12.5. The Kier molecular flexibility index (Phi) is 6.97. The summed E-state index contributed by atoms with van der Waals surface area (Å²) in [6.45, 7) is 6.44. The maximum Gasteiger partial charge on any atom is 0.105 e. The van der Waals surface area contributed by atoms with Gasteiger partial charge in [0.1, 0.15) is 5.76 Å². The van der Waals surface area contributed by atoms with Gasteiger partial charge in [-0.2, -0.15) is 0 Å². The molecule has 0 saturated heterocycles. The molecule has 0 aliphatic carbocycles. The molecule has 3 nitrogen and oxygen atoms in total. The van der Waals surface area contributed by atoms with E-state index in [0.29, 0.717) is 6.04 Å². The summed E-state index contributed by atoms with van der Waals surface area (Å²) in [5.74, 6) is 1.78. The van der Waals surface area contributed by atoms with Crippen molar-refractivity contribution in [1.82, 2.24) is 5.32 Å². The van der Waals surface area contributed by atoms with Crippen LogP contribution in [0.25, 0.3) is 0 Å². The highest BCUT2D eigenvalue weighted by atomic mass is 16.3. The zero-order valence-electron chi connectivity index (χ0n) is 11.1. The summed E-state index contributed by atoms with van der Waals surface area (Å²) in [5, 5.41) is 3.47. The highest BCUT2D eigenvalue weighted by Crippen LogP contribution is 2.08. The Bertz CT molecular complexity index is 270. The molecule has 1 rings (SSSR count). The van der Waals surface area contributed by atoms with Crippen molar-refractivity contribution in [3.05, 3.63) is 24.2 Å². The van der Waals surface area contributed by atoms with Crippen molar-refractivity contribution in [3.8, 4) is 0 Å². The van der Waals surface area contributed by atoms with Gasteiger partial charge in [0, 0.05) is 19.0 Å². The van der Waals surface area contributed by atoms with Crippen molar-refractivity contribution >= 4 is 0 Å². The van der Waals surface area contributed by atoms with E-state index in [2.05, 4.69) is 19.2 Å². The first-order chi connectivity index (χ1) is 8.18. The second-order valence-electron chi connectivity index (χ2n) is 5.05. The average Bonchev–Trinajstić information content (AvgIpc) is 2.76. The summed E-state index contributed by atoms with van der Waals surface area (Å²) in [4.78, 5) is 0. The Morgan fingerprint density at radius 2 is 2.18 bits per heavy atom. The van der Waals surface area contributed by atoms with Gasteiger partial charge in [0.15, 0.2) is 0 Å². The first-order valence-corrected chi connectivity index (χ1v) is 6.67. The molecule has 1 heterocycles. The van der Waals surface area contributed by atoms with Crippen molar-refractivity contribution in [3.63, 3.8) is 0 Å². The van der Waals surface area contributed by atoms with Crippen LogP contribution in [0.15, 0.2) is 22.8 Å². The molecule has 3 N–H and O–H groups in total. The van der Waals surface area contributed by atoms with Crippen LogP contribution in [0.1, 0.15) is 38.9 Å². The Morgan fingerprint density at radius 1 is 1.35 bits per heavy atom. The van der Waals surface area contributed by atoms with Crippen LogP contribution < -0.4 is 11.1 Å². The Balaban J connectivity index is 1.95. The Morgan fingerprint density at radius 3 is 2.82 bits per heavy atom. The lowest BCUT2D eigenvalue weighted by atomic mass is 10.0. The molecule has 98 valence electrons. The maximum atomic E-state index is 5.73. The highest BCUT2D eigenvalue weighted by Gasteiger charge is 2.03. The molecule has 2 atom stereocenters. The van der Waals surface area contributed by atoms with E-state index >= 15 is 0 Å². The molecule has 0 spiro atoms. The number of nitrogens with one attached hydrogen (secondary N) is 1. The predicted octanol–water partition coefficient (Wildman–Crippen LogP) is 2.57. The van der Waals surface area contributed by atoms with Crippen LogP contribution in [-0.2, 0) is 6.42 Å². The maximum absolute atomic E-state index is 5.73. The molecule has 2 unspecified atom stereocenters. The minimum atomic E-state index is 0.342. The predicted molar refractivity (Wildman–Crippen MR) is 71.9 cm³/mol. The summed E-state index contributed by atoms with van der Waals surface area (Å²) >= 11 is 0. The standard InChI is InChI=1S/C14H26N2O/c1-12(5-3-6-13(2)15)11-16-9-8-14-7-4-10-17-14/h4,7,10,12-13,16H,3,5-6,8-9,11,15H2,1-2H3. The van der Waals surface area contributed by atoms with Gasteiger partial charge in [0.05, 0.1) is 6.26 Å². The lowest BCUT2D eigenvalue weighted by molar-refractivity contribution is 0.440. The zero-order valence-corrected chi connectivity index (χ0v) is 11.1. The van der Waals surface area contributed by atoms with E-state index in [1.807, 2.05) is 12.1 Å². The van der Waals surface area contributed by atoms with Crippen molar-refractivity contribution in [2.24, 2.45) is 11.7 Å². The molecule has 0 bridgehead atoms. The summed E-state index contributed by atoms with van der Waals surface area (Å²) < 4.78 is 5.28. The van der Waals surface area contributed by atoms with Crippen LogP contribution in [0.4, 0.5) is 0 Å². The van der Waals surface area contributed by atoms with Gasteiger partial charge in [-0.3, -0.25) is 0 Å². The molecule has 0 radical (unpaired) electrons. The van der Waals surface area contributed by atoms with Gasteiger partial charge in [-0.25, -0.2) is 0 Å². The van der Waals surface area contributed by atoms with Crippen LogP contribution in [0.3, 0.4) is 0 Å². The lowest BCUT2D eigenvalue weighted by Crippen LogP contribution is -2.24. The summed E-state index contributed by atoms with van der Waals surface area (Å²) in [6, 6.07) is 4.30. The van der Waals surface area contributed by atoms with E-state index in [1.54, 1.807) is 6.26 Å². The highest BCUT2D eigenvalue weighted by molar-refractivity contribution is 4.98. The third-order valence-corrected chi connectivity index (χ3v) is 2.98. The molecule has 0 aromatic carbocycles. The van der Waals surface area contributed by atoms with Gasteiger partial charge >= 0.3 is 0 Å². The number of hydrogen-bond acceptors (Lipinski definition) is 3. The number of nitrogens with two attached hydrogens (primary N) is 1. The normalized spacial score (nSPS) is 14.8. The quantitative estimate of drug-likeness (QED) is 0.650. The van der Waals surface area contributed by atoms with E-state index < -0.39 is 0 Å². The summed E-state index contributed by atoms with van der Waals surface area (Å²) in [5.41, 5.74) is 5.73. The monoisotopic (exact) mass is 238 g/mol. The molecule has 0 saturated carbocycles. The molecule has 17 heavy (non-hydrogen) atoms. The fourth-order valence-electron chi connectivity index (χ4n) is 1.91. The second-order valence-corrected chi connectivity index (χ2v) is 5.05. The van der Waals surface area contributed by atoms with E-state index in [9.17, 15) is 0 Å². The van der Waals surface area contributed by atoms with Gasteiger partial charge in [0.2, 0.25) is 0 Å². The van der Waals surface area contributed by atoms with Gasteiger partial charge in [-0.05, 0) is 44.4 Å². The van der Waals surface area contributed by atoms with Gasteiger partial charge in [0.25, 0.3) is 0 Å². The lowest BCUT2D eigenvalue weighted by Gasteiger charge is -2.13. The Hall–Kier alpha value is -0.800. The molecular weight excluding hydrogens is 212 g/mol. The first kappa shape index (κ1) is 14.3. The largest absolute Gasteiger partial charge is 0.469 e. The van der Waals surface area contributed by atoms with Crippen LogP contribution in [-0.4, -0.2) is 19.1 Å². The first-order valence-electron chi connectivity index (χ1n) is 6.67. The smallest absolute Gasteiger partial charge is 0.105 e. The molecule has 0 aliphatic rings.